The summed E-state index contributed by atoms with van der Waals surface area (Å²) < 4.78 is 9.14. The maximum absolute atomic E-state index is 9.55. The zero-order valence-electron chi connectivity index (χ0n) is 14.8. The van der Waals surface area contributed by atoms with Gasteiger partial charge in [0.15, 0.2) is 0 Å². The first-order valence-electron chi connectivity index (χ1n) is 8.82. The van der Waals surface area contributed by atoms with E-state index in [1.54, 1.807) is 0 Å². The van der Waals surface area contributed by atoms with E-state index in [1.165, 1.54) is 73.5 Å². The molecular weight excluding hydrogens is 374 g/mol. The number of piperidine rings is 3. The Bertz CT molecular complexity index is 611. The molecule has 144 valence electrons. The highest BCUT2D eigenvalue weighted by atomic mass is 32.2. The first-order chi connectivity index (χ1) is 12.5. The van der Waals surface area contributed by atoms with E-state index in [-0.39, 0.29) is 0 Å². The summed E-state index contributed by atoms with van der Waals surface area (Å²) in [6, 6.07) is 0. The fraction of sp³-hybridized carbons (Fsp3) is 0.647. The van der Waals surface area contributed by atoms with Crippen molar-refractivity contribution in [3.63, 3.8) is 0 Å². The summed E-state index contributed by atoms with van der Waals surface area (Å²) in [4.78, 5) is 21.7. The molecule has 3 fully saturated rings. The summed E-state index contributed by atoms with van der Waals surface area (Å²) in [7, 11) is 0. The SMILES string of the molecule is CCCCSc1nsnc1C1CN2CCC1CC2.O=C(O)C=CC(=O)O. The average Bonchev–Trinajstić information content (AvgIpc) is 3.10. The molecule has 26 heavy (non-hydrogen) atoms. The summed E-state index contributed by atoms with van der Waals surface area (Å²) in [5.74, 6) is 0.204. The van der Waals surface area contributed by atoms with E-state index in [4.69, 9.17) is 10.2 Å². The summed E-state index contributed by atoms with van der Waals surface area (Å²) >= 11 is 3.32. The number of thioether (sulfide) groups is 1. The lowest BCUT2D eigenvalue weighted by molar-refractivity contribution is -0.134. The van der Waals surface area contributed by atoms with Gasteiger partial charge in [-0.05, 0) is 44.0 Å². The van der Waals surface area contributed by atoms with Crippen LogP contribution in [0.5, 0.6) is 0 Å². The van der Waals surface area contributed by atoms with E-state index >= 15 is 0 Å². The molecule has 3 saturated heterocycles. The molecule has 0 aromatic carbocycles. The number of nitrogens with zero attached hydrogens (tertiary/aromatic N) is 3. The summed E-state index contributed by atoms with van der Waals surface area (Å²) in [5.41, 5.74) is 1.32. The van der Waals surface area contributed by atoms with Gasteiger partial charge in [-0.25, -0.2) is 9.59 Å². The minimum atomic E-state index is -1.26. The molecule has 2 N–H and O–H groups in total. The third-order valence-electron chi connectivity index (χ3n) is 4.59. The summed E-state index contributed by atoms with van der Waals surface area (Å²) in [5, 5.41) is 16.9. The molecule has 7 nitrogen and oxygen atoms in total. The minimum Gasteiger partial charge on any atom is -0.478 e. The van der Waals surface area contributed by atoms with Crippen LogP contribution < -0.4 is 0 Å². The van der Waals surface area contributed by atoms with E-state index in [0.29, 0.717) is 18.1 Å². The third-order valence-corrected chi connectivity index (χ3v) is 6.32. The number of aliphatic carboxylic acids is 2. The van der Waals surface area contributed by atoms with Gasteiger partial charge in [-0.15, -0.1) is 11.8 Å². The fourth-order valence-electron chi connectivity index (χ4n) is 3.24. The Labute approximate surface area is 161 Å². The quantitative estimate of drug-likeness (QED) is 0.410. The lowest BCUT2D eigenvalue weighted by Gasteiger charge is -2.44. The lowest BCUT2D eigenvalue weighted by atomic mass is 9.78. The second-order valence-electron chi connectivity index (χ2n) is 6.41. The number of aromatic nitrogens is 2. The summed E-state index contributed by atoms with van der Waals surface area (Å²) in [6.45, 7) is 6.07. The zero-order chi connectivity index (χ0) is 18.9. The van der Waals surface area contributed by atoms with Crippen molar-refractivity contribution in [1.29, 1.82) is 0 Å². The Morgan fingerprint density at radius 3 is 2.38 bits per heavy atom. The molecule has 0 spiro atoms. The van der Waals surface area contributed by atoms with Crippen molar-refractivity contribution in [3.8, 4) is 0 Å². The van der Waals surface area contributed by atoms with Crippen molar-refractivity contribution in [2.75, 3.05) is 25.4 Å². The predicted octanol–water partition coefficient (Wildman–Crippen LogP) is 2.95. The molecule has 1 atom stereocenters. The van der Waals surface area contributed by atoms with Crippen molar-refractivity contribution >= 4 is 35.4 Å². The van der Waals surface area contributed by atoms with Gasteiger partial charge in [-0.1, -0.05) is 13.3 Å². The molecule has 0 radical (unpaired) electrons. The van der Waals surface area contributed by atoms with Crippen LogP contribution in [0.4, 0.5) is 0 Å². The van der Waals surface area contributed by atoms with Crippen LogP contribution in [0.25, 0.3) is 0 Å². The molecule has 1 aromatic rings. The van der Waals surface area contributed by atoms with Gasteiger partial charge >= 0.3 is 11.9 Å². The first-order valence-corrected chi connectivity index (χ1v) is 10.5. The number of carboxylic acid groups (broad SMARTS) is 2. The van der Waals surface area contributed by atoms with Crippen molar-refractivity contribution < 1.29 is 19.8 Å². The highest BCUT2D eigenvalue weighted by Crippen LogP contribution is 2.41. The Morgan fingerprint density at radius 1 is 1.23 bits per heavy atom. The molecule has 3 aliphatic rings. The van der Waals surface area contributed by atoms with E-state index in [2.05, 4.69) is 20.6 Å². The second-order valence-corrected chi connectivity index (χ2v) is 8.02. The average molecular weight is 400 g/mol. The van der Waals surface area contributed by atoms with Crippen LogP contribution in [0.3, 0.4) is 0 Å². The van der Waals surface area contributed by atoms with Crippen LogP contribution in [-0.4, -0.2) is 61.2 Å². The monoisotopic (exact) mass is 399 g/mol. The van der Waals surface area contributed by atoms with Crippen LogP contribution in [0, 0.1) is 5.92 Å². The molecule has 0 amide bonds. The number of hydrogen-bond donors (Lipinski definition) is 2. The summed E-state index contributed by atoms with van der Waals surface area (Å²) in [6.07, 6.45) is 6.38. The Hall–Kier alpha value is -1.45. The number of hydrogen-bond acceptors (Lipinski definition) is 7. The number of carboxylic acids is 2. The van der Waals surface area contributed by atoms with E-state index in [1.807, 2.05) is 11.8 Å². The maximum atomic E-state index is 9.55. The smallest absolute Gasteiger partial charge is 0.328 e. The zero-order valence-corrected chi connectivity index (χ0v) is 16.5. The normalized spacial score (nSPS) is 24.3. The third kappa shape index (κ3) is 6.37. The van der Waals surface area contributed by atoms with Crippen LogP contribution >= 0.6 is 23.5 Å². The van der Waals surface area contributed by atoms with Crippen molar-refractivity contribution in [1.82, 2.24) is 13.6 Å². The second kappa shape index (κ2) is 10.6. The molecule has 2 bridgehead atoms. The van der Waals surface area contributed by atoms with Gasteiger partial charge in [0, 0.05) is 24.6 Å². The number of rotatable bonds is 7. The van der Waals surface area contributed by atoms with Gasteiger partial charge < -0.3 is 15.1 Å². The Morgan fingerprint density at radius 2 is 1.88 bits per heavy atom. The number of fused-ring (bicyclic) bond motifs is 3. The van der Waals surface area contributed by atoms with Crippen LogP contribution in [0.2, 0.25) is 0 Å². The largest absolute Gasteiger partial charge is 0.478 e. The molecule has 9 heteroatoms. The Kier molecular flexibility index (Phi) is 8.53. The molecular formula is C17H25N3O4S2. The van der Waals surface area contributed by atoms with Crippen molar-refractivity contribution in [3.05, 3.63) is 17.8 Å². The predicted molar refractivity (Wildman–Crippen MR) is 102 cm³/mol. The number of carbonyl (C=O) groups is 2. The van der Waals surface area contributed by atoms with Crippen molar-refractivity contribution in [2.24, 2.45) is 5.92 Å². The highest BCUT2D eigenvalue weighted by molar-refractivity contribution is 7.99. The molecule has 0 aliphatic carbocycles. The van der Waals surface area contributed by atoms with E-state index in [0.717, 1.165) is 5.92 Å². The lowest BCUT2D eigenvalue weighted by Crippen LogP contribution is -2.46. The van der Waals surface area contributed by atoms with Gasteiger partial charge in [0.25, 0.3) is 0 Å². The standard InChI is InChI=1S/C13H21N3S2.C4H4O4/c1-2-3-8-17-13-12(14-18-15-13)11-9-16-6-4-10(11)5-7-16;5-3(6)1-2-4(7)8/h10-11H,2-9H2,1H3;1-2H,(H,5,6)(H,7,8). The molecule has 1 unspecified atom stereocenters. The maximum Gasteiger partial charge on any atom is 0.328 e. The molecule has 0 saturated carbocycles. The van der Waals surface area contributed by atoms with Gasteiger partial charge in [-0.2, -0.15) is 8.75 Å². The fourth-order valence-corrected chi connectivity index (χ4v) is 5.10. The van der Waals surface area contributed by atoms with Gasteiger partial charge in [0.2, 0.25) is 0 Å². The molecule has 4 rings (SSSR count). The topological polar surface area (TPSA) is 104 Å². The molecule has 1 aromatic heterocycles. The van der Waals surface area contributed by atoms with Gasteiger partial charge in [0.05, 0.1) is 17.4 Å². The van der Waals surface area contributed by atoms with E-state index < -0.39 is 11.9 Å². The van der Waals surface area contributed by atoms with Gasteiger partial charge in [0.1, 0.15) is 5.03 Å². The van der Waals surface area contributed by atoms with Crippen molar-refractivity contribution in [2.45, 2.75) is 43.6 Å². The van der Waals surface area contributed by atoms with Crippen LogP contribution in [-0.2, 0) is 9.59 Å². The van der Waals surface area contributed by atoms with Gasteiger partial charge in [-0.3, -0.25) is 0 Å². The first kappa shape index (κ1) is 20.9. The Balaban J connectivity index is 0.000000260. The molecule has 4 heterocycles. The number of unbranched alkanes of at least 4 members (excludes halogenated alkanes) is 1. The van der Waals surface area contributed by atoms with E-state index in [9.17, 15) is 9.59 Å². The highest BCUT2D eigenvalue weighted by Gasteiger charge is 2.37. The molecule has 3 aliphatic heterocycles. The van der Waals surface area contributed by atoms with Crippen LogP contribution in [0.15, 0.2) is 17.2 Å². The van der Waals surface area contributed by atoms with Crippen LogP contribution in [0.1, 0.15) is 44.2 Å². The minimum absolute atomic E-state index is 0.558.